The van der Waals surface area contributed by atoms with Crippen molar-refractivity contribution in [3.8, 4) is 0 Å². The first-order chi connectivity index (χ1) is 12.5. The van der Waals surface area contributed by atoms with Crippen LogP contribution in [0.25, 0.3) is 0 Å². The second kappa shape index (κ2) is 9.59. The first-order valence-corrected chi connectivity index (χ1v) is 10.0. The molecule has 0 fully saturated rings. The number of nitrogens with zero attached hydrogens (tertiary/aromatic N) is 1. The van der Waals surface area contributed by atoms with E-state index in [4.69, 9.17) is 9.05 Å². The highest BCUT2D eigenvalue weighted by Gasteiger charge is 2.37. The maximum atomic E-state index is 13.3. The number of hydrogen-bond donors (Lipinski definition) is 1. The van der Waals surface area contributed by atoms with Gasteiger partial charge in [-0.15, -0.1) is 0 Å². The molecule has 26 heavy (non-hydrogen) atoms. The predicted octanol–water partition coefficient (Wildman–Crippen LogP) is 4.65. The van der Waals surface area contributed by atoms with E-state index in [1.165, 1.54) is 12.1 Å². The van der Waals surface area contributed by atoms with Gasteiger partial charge in [-0.05, 0) is 25.0 Å². The van der Waals surface area contributed by atoms with E-state index >= 15 is 0 Å². The summed E-state index contributed by atoms with van der Waals surface area (Å²) in [5.41, 5.74) is 1.40. The molecule has 2 aromatic carbocycles. The third-order valence-corrected chi connectivity index (χ3v) is 6.02. The fourth-order valence-corrected chi connectivity index (χ4v) is 4.51. The van der Waals surface area contributed by atoms with Gasteiger partial charge in [0.25, 0.3) is 5.69 Å². The lowest BCUT2D eigenvalue weighted by atomic mass is 10.2. The standard InChI is InChI=1S/C18H23N2O5P/c1-3-24-26(23,25-4-2)18(19-14-15-9-6-5-7-10-15)16-11-8-12-17(13-16)20(21)22/h5-13,18-19H,3-4,14H2,1-2H3/t18-/m0/s1. The van der Waals surface area contributed by atoms with Crippen LogP contribution < -0.4 is 5.32 Å². The number of benzene rings is 2. The van der Waals surface area contributed by atoms with Gasteiger partial charge in [0.05, 0.1) is 18.1 Å². The highest BCUT2D eigenvalue weighted by molar-refractivity contribution is 7.54. The Labute approximate surface area is 153 Å². The molecule has 2 aromatic rings. The Hall–Kier alpha value is -2.05. The fraction of sp³-hybridized carbons (Fsp3) is 0.333. The van der Waals surface area contributed by atoms with Crippen LogP contribution in [0, 0.1) is 10.1 Å². The van der Waals surface area contributed by atoms with Gasteiger partial charge in [0, 0.05) is 18.7 Å². The number of nitro benzene ring substituents is 1. The fourth-order valence-electron chi connectivity index (χ4n) is 2.58. The lowest BCUT2D eigenvalue weighted by Gasteiger charge is -2.27. The predicted molar refractivity (Wildman–Crippen MR) is 100.0 cm³/mol. The molecule has 0 radical (unpaired) electrons. The third-order valence-electron chi connectivity index (χ3n) is 3.67. The van der Waals surface area contributed by atoms with Gasteiger partial charge in [0.2, 0.25) is 0 Å². The molecule has 0 amide bonds. The van der Waals surface area contributed by atoms with E-state index in [2.05, 4.69) is 5.32 Å². The summed E-state index contributed by atoms with van der Waals surface area (Å²) in [5.74, 6) is -0.817. The Morgan fingerprint density at radius 3 is 2.31 bits per heavy atom. The summed E-state index contributed by atoms with van der Waals surface area (Å²) in [6.45, 7) is 4.28. The molecule has 1 N–H and O–H groups in total. The topological polar surface area (TPSA) is 90.7 Å². The Kier molecular flexibility index (Phi) is 7.48. The molecule has 1 atom stereocenters. The van der Waals surface area contributed by atoms with E-state index in [1.54, 1.807) is 26.0 Å². The van der Waals surface area contributed by atoms with Gasteiger partial charge in [-0.2, -0.15) is 0 Å². The first-order valence-electron chi connectivity index (χ1n) is 8.40. The van der Waals surface area contributed by atoms with Crippen LogP contribution in [0.5, 0.6) is 0 Å². The van der Waals surface area contributed by atoms with Gasteiger partial charge in [0.15, 0.2) is 0 Å². The van der Waals surface area contributed by atoms with Crippen LogP contribution in [-0.2, 0) is 20.2 Å². The van der Waals surface area contributed by atoms with Crippen LogP contribution in [0.2, 0.25) is 0 Å². The lowest BCUT2D eigenvalue weighted by molar-refractivity contribution is -0.384. The zero-order valence-corrected chi connectivity index (χ0v) is 15.7. The minimum atomic E-state index is -3.57. The van der Waals surface area contributed by atoms with Crippen molar-refractivity contribution in [1.82, 2.24) is 5.32 Å². The summed E-state index contributed by atoms with van der Waals surface area (Å²) in [7, 11) is -3.57. The smallest absolute Gasteiger partial charge is 0.308 e. The van der Waals surface area contributed by atoms with E-state index in [-0.39, 0.29) is 18.9 Å². The van der Waals surface area contributed by atoms with Crippen molar-refractivity contribution in [2.75, 3.05) is 13.2 Å². The van der Waals surface area contributed by atoms with E-state index in [0.29, 0.717) is 12.1 Å². The molecule has 0 aliphatic heterocycles. The molecule has 0 bridgehead atoms. The summed E-state index contributed by atoms with van der Waals surface area (Å²) in [4.78, 5) is 10.6. The molecular weight excluding hydrogens is 355 g/mol. The van der Waals surface area contributed by atoms with Crippen molar-refractivity contribution in [3.05, 3.63) is 75.8 Å². The molecule has 0 unspecified atom stereocenters. The average molecular weight is 378 g/mol. The minimum absolute atomic E-state index is 0.0754. The van der Waals surface area contributed by atoms with Crippen LogP contribution in [0.1, 0.15) is 30.8 Å². The van der Waals surface area contributed by atoms with Crippen LogP contribution in [0.4, 0.5) is 5.69 Å². The van der Waals surface area contributed by atoms with Crippen molar-refractivity contribution in [2.45, 2.75) is 26.2 Å². The van der Waals surface area contributed by atoms with Crippen LogP contribution in [0.3, 0.4) is 0 Å². The van der Waals surface area contributed by atoms with Crippen molar-refractivity contribution >= 4 is 13.3 Å². The van der Waals surface area contributed by atoms with Crippen molar-refractivity contribution in [2.24, 2.45) is 0 Å². The second-order valence-corrected chi connectivity index (χ2v) is 7.61. The van der Waals surface area contributed by atoms with Crippen molar-refractivity contribution in [1.29, 1.82) is 0 Å². The van der Waals surface area contributed by atoms with Gasteiger partial charge in [-0.25, -0.2) is 0 Å². The van der Waals surface area contributed by atoms with Gasteiger partial charge in [-0.3, -0.25) is 20.0 Å². The molecule has 0 heterocycles. The highest BCUT2D eigenvalue weighted by atomic mass is 31.2. The Morgan fingerprint density at radius 1 is 1.08 bits per heavy atom. The molecule has 0 saturated carbocycles. The number of non-ortho nitro benzene ring substituents is 1. The molecule has 0 aliphatic rings. The molecule has 0 saturated heterocycles. The molecule has 7 nitrogen and oxygen atoms in total. The maximum absolute atomic E-state index is 13.3. The Morgan fingerprint density at radius 2 is 1.73 bits per heavy atom. The zero-order valence-electron chi connectivity index (χ0n) is 14.8. The molecule has 0 spiro atoms. The summed E-state index contributed by atoms with van der Waals surface area (Å²) in [5, 5.41) is 14.3. The lowest BCUT2D eigenvalue weighted by Crippen LogP contribution is -2.23. The van der Waals surface area contributed by atoms with Crippen molar-refractivity contribution < 1.29 is 18.5 Å². The van der Waals surface area contributed by atoms with Gasteiger partial charge in [-0.1, -0.05) is 42.5 Å². The summed E-state index contributed by atoms with van der Waals surface area (Å²) in [6, 6.07) is 15.6. The molecule has 2 rings (SSSR count). The first kappa shape index (κ1) is 20.3. The zero-order chi connectivity index (χ0) is 19.0. The van der Waals surface area contributed by atoms with Crippen LogP contribution in [-0.4, -0.2) is 18.1 Å². The van der Waals surface area contributed by atoms with Gasteiger partial charge in [0.1, 0.15) is 5.78 Å². The number of nitrogens with one attached hydrogen (secondary N) is 1. The van der Waals surface area contributed by atoms with E-state index in [1.807, 2.05) is 30.3 Å². The minimum Gasteiger partial charge on any atom is -0.308 e. The second-order valence-electron chi connectivity index (χ2n) is 5.50. The molecular formula is C18H23N2O5P. The Balaban J connectivity index is 2.38. The molecule has 0 aliphatic carbocycles. The van der Waals surface area contributed by atoms with Gasteiger partial charge < -0.3 is 9.05 Å². The normalized spacial score (nSPS) is 12.7. The molecule has 140 valence electrons. The molecule has 8 heteroatoms. The van der Waals surface area contributed by atoms with E-state index in [9.17, 15) is 14.7 Å². The van der Waals surface area contributed by atoms with Crippen LogP contribution >= 0.6 is 7.60 Å². The van der Waals surface area contributed by atoms with E-state index in [0.717, 1.165) is 5.56 Å². The maximum Gasteiger partial charge on any atom is 0.351 e. The number of rotatable bonds is 10. The SMILES string of the molecule is CCOP(=O)(OCC)[C@H](NCc1ccccc1)c1cccc([N+](=O)[O-])c1. The van der Waals surface area contributed by atoms with Crippen LogP contribution in [0.15, 0.2) is 54.6 Å². The quantitative estimate of drug-likeness (QED) is 0.368. The van der Waals surface area contributed by atoms with Crippen molar-refractivity contribution in [3.63, 3.8) is 0 Å². The number of hydrogen-bond acceptors (Lipinski definition) is 6. The number of nitro groups is 1. The summed E-state index contributed by atoms with van der Waals surface area (Å²) >= 11 is 0. The van der Waals surface area contributed by atoms with E-state index < -0.39 is 18.3 Å². The summed E-state index contributed by atoms with van der Waals surface area (Å²) in [6.07, 6.45) is 0. The average Bonchev–Trinajstić information content (AvgIpc) is 2.63. The van der Waals surface area contributed by atoms with Gasteiger partial charge >= 0.3 is 7.60 Å². The highest BCUT2D eigenvalue weighted by Crippen LogP contribution is 2.59. The third kappa shape index (κ3) is 5.22. The monoisotopic (exact) mass is 378 g/mol. The molecule has 0 aromatic heterocycles. The largest absolute Gasteiger partial charge is 0.351 e. The Bertz CT molecular complexity index is 759. The summed E-state index contributed by atoms with van der Waals surface area (Å²) < 4.78 is 24.3.